The molecule has 2 bridgehead atoms. The summed E-state index contributed by atoms with van der Waals surface area (Å²) in [5, 5.41) is 3.68. The number of hydrogen-bond acceptors (Lipinski definition) is 3. The molecule has 3 nitrogen and oxygen atoms in total. The van der Waals surface area contributed by atoms with Gasteiger partial charge in [-0.05, 0) is 37.0 Å². The van der Waals surface area contributed by atoms with Crippen molar-refractivity contribution in [2.45, 2.75) is 43.9 Å². The Morgan fingerprint density at radius 1 is 1.35 bits per heavy atom. The number of methoxy groups -OCH3 is 1. The van der Waals surface area contributed by atoms with Gasteiger partial charge in [-0.25, -0.2) is 0 Å². The van der Waals surface area contributed by atoms with Gasteiger partial charge in [0.05, 0.1) is 7.11 Å². The van der Waals surface area contributed by atoms with Crippen LogP contribution in [0.5, 0.6) is 5.75 Å². The van der Waals surface area contributed by atoms with E-state index in [1.54, 1.807) is 7.11 Å². The van der Waals surface area contributed by atoms with Crippen LogP contribution in [0.15, 0.2) is 36.9 Å². The van der Waals surface area contributed by atoms with Gasteiger partial charge in [0, 0.05) is 31.2 Å². The zero-order valence-electron chi connectivity index (χ0n) is 12.2. The number of piperazine rings is 1. The highest BCUT2D eigenvalue weighted by Crippen LogP contribution is 2.32. The molecular formula is C17H24N2O. The molecule has 0 aromatic heterocycles. The summed E-state index contributed by atoms with van der Waals surface area (Å²) in [5.74, 6) is 0.932. The fourth-order valence-corrected chi connectivity index (χ4v) is 3.65. The molecule has 0 saturated carbocycles. The first-order valence-electron chi connectivity index (χ1n) is 7.54. The van der Waals surface area contributed by atoms with Gasteiger partial charge >= 0.3 is 0 Å². The van der Waals surface area contributed by atoms with E-state index in [9.17, 15) is 0 Å². The second-order valence-corrected chi connectivity index (χ2v) is 5.86. The SMILES string of the molecule is C=CC[C@H]1NC[C@H]2CC[C@@H]1N2Cc1ccc(OC)cc1. The van der Waals surface area contributed by atoms with Crippen LogP contribution in [0.4, 0.5) is 0 Å². The highest BCUT2D eigenvalue weighted by molar-refractivity contribution is 5.27. The molecule has 0 unspecified atom stereocenters. The Morgan fingerprint density at radius 3 is 2.85 bits per heavy atom. The number of ether oxygens (including phenoxy) is 1. The average Bonchev–Trinajstić information content (AvgIpc) is 2.75. The van der Waals surface area contributed by atoms with Gasteiger partial charge in [-0.3, -0.25) is 4.90 Å². The minimum atomic E-state index is 0.574. The Morgan fingerprint density at radius 2 is 2.15 bits per heavy atom. The van der Waals surface area contributed by atoms with Gasteiger partial charge in [-0.2, -0.15) is 0 Å². The lowest BCUT2D eigenvalue weighted by molar-refractivity contribution is 0.109. The molecule has 1 aromatic carbocycles. The maximum absolute atomic E-state index is 5.23. The molecule has 1 N–H and O–H groups in total. The number of hydrogen-bond donors (Lipinski definition) is 1. The first-order valence-corrected chi connectivity index (χ1v) is 7.54. The molecule has 2 fully saturated rings. The smallest absolute Gasteiger partial charge is 0.118 e. The van der Waals surface area contributed by atoms with E-state index < -0.39 is 0 Å². The van der Waals surface area contributed by atoms with Gasteiger partial charge in [0.25, 0.3) is 0 Å². The molecule has 0 radical (unpaired) electrons. The maximum Gasteiger partial charge on any atom is 0.118 e. The molecule has 2 aliphatic heterocycles. The molecule has 0 aliphatic carbocycles. The second kappa shape index (κ2) is 5.98. The van der Waals surface area contributed by atoms with Crippen LogP contribution in [-0.2, 0) is 6.54 Å². The Hall–Kier alpha value is -1.32. The quantitative estimate of drug-likeness (QED) is 0.834. The van der Waals surface area contributed by atoms with Crippen molar-refractivity contribution in [3.8, 4) is 5.75 Å². The van der Waals surface area contributed by atoms with Gasteiger partial charge in [0.15, 0.2) is 0 Å². The summed E-state index contributed by atoms with van der Waals surface area (Å²) in [4.78, 5) is 2.69. The number of benzene rings is 1. The van der Waals surface area contributed by atoms with Crippen LogP contribution >= 0.6 is 0 Å². The minimum absolute atomic E-state index is 0.574. The summed E-state index contributed by atoms with van der Waals surface area (Å²) >= 11 is 0. The first kappa shape index (κ1) is 13.7. The van der Waals surface area contributed by atoms with Crippen LogP contribution in [0.3, 0.4) is 0 Å². The molecule has 3 heteroatoms. The molecule has 1 aromatic rings. The van der Waals surface area contributed by atoms with Crippen LogP contribution in [0.25, 0.3) is 0 Å². The molecular weight excluding hydrogens is 248 g/mol. The van der Waals surface area contributed by atoms with Crippen molar-refractivity contribution in [1.82, 2.24) is 10.2 Å². The van der Waals surface area contributed by atoms with Gasteiger partial charge in [-0.15, -0.1) is 6.58 Å². The molecule has 3 atom stereocenters. The van der Waals surface area contributed by atoms with Crippen LogP contribution in [0, 0.1) is 0 Å². The van der Waals surface area contributed by atoms with E-state index in [1.807, 2.05) is 6.08 Å². The monoisotopic (exact) mass is 272 g/mol. The average molecular weight is 272 g/mol. The molecule has 20 heavy (non-hydrogen) atoms. The highest BCUT2D eigenvalue weighted by Gasteiger charge is 2.41. The highest BCUT2D eigenvalue weighted by atomic mass is 16.5. The third-order valence-electron chi connectivity index (χ3n) is 4.72. The summed E-state index contributed by atoms with van der Waals surface area (Å²) in [7, 11) is 1.71. The molecule has 2 aliphatic rings. The lowest BCUT2D eigenvalue weighted by Gasteiger charge is -2.40. The first-order chi connectivity index (χ1) is 9.81. The van der Waals surface area contributed by atoms with Crippen molar-refractivity contribution >= 4 is 0 Å². The number of nitrogens with one attached hydrogen (secondary N) is 1. The van der Waals surface area contributed by atoms with Crippen LogP contribution in [0.2, 0.25) is 0 Å². The summed E-state index contributed by atoms with van der Waals surface area (Å²) in [5.41, 5.74) is 1.38. The van der Waals surface area contributed by atoms with Crippen molar-refractivity contribution in [2.75, 3.05) is 13.7 Å². The molecule has 2 heterocycles. The summed E-state index contributed by atoms with van der Waals surface area (Å²) in [6, 6.07) is 10.4. The van der Waals surface area contributed by atoms with E-state index in [0.29, 0.717) is 18.1 Å². The third kappa shape index (κ3) is 2.60. The zero-order valence-corrected chi connectivity index (χ0v) is 12.2. The summed E-state index contributed by atoms with van der Waals surface area (Å²) in [6.45, 7) is 6.06. The molecule has 0 spiro atoms. The Labute approximate surface area is 121 Å². The van der Waals surface area contributed by atoms with Crippen LogP contribution in [-0.4, -0.2) is 36.7 Å². The zero-order chi connectivity index (χ0) is 13.9. The van der Waals surface area contributed by atoms with E-state index in [2.05, 4.69) is 41.1 Å². The third-order valence-corrected chi connectivity index (χ3v) is 4.72. The van der Waals surface area contributed by atoms with Crippen molar-refractivity contribution < 1.29 is 4.74 Å². The summed E-state index contributed by atoms with van der Waals surface area (Å²) < 4.78 is 5.23. The van der Waals surface area contributed by atoms with Gasteiger partial charge in [-0.1, -0.05) is 18.2 Å². The number of fused-ring (bicyclic) bond motifs is 2. The van der Waals surface area contributed by atoms with Crippen molar-refractivity contribution in [1.29, 1.82) is 0 Å². The Bertz CT molecular complexity index is 457. The normalized spacial score (nSPS) is 29.4. The summed E-state index contributed by atoms with van der Waals surface area (Å²) in [6.07, 6.45) is 5.74. The van der Waals surface area contributed by atoms with Gasteiger partial charge < -0.3 is 10.1 Å². The topological polar surface area (TPSA) is 24.5 Å². The molecule has 3 rings (SSSR count). The maximum atomic E-state index is 5.23. The van der Waals surface area contributed by atoms with Crippen LogP contribution < -0.4 is 10.1 Å². The Balaban J connectivity index is 1.70. The second-order valence-electron chi connectivity index (χ2n) is 5.86. The standard InChI is InChI=1S/C17H24N2O/c1-3-4-16-17-10-7-14(11-18-16)19(17)12-13-5-8-15(20-2)9-6-13/h3,5-6,8-9,14,16-18H,1,4,7,10-12H2,2H3/t14-,16-,17+/m1/s1. The predicted octanol–water partition coefficient (Wildman–Crippen LogP) is 2.58. The van der Waals surface area contributed by atoms with E-state index in [1.165, 1.54) is 18.4 Å². The molecule has 0 amide bonds. The largest absolute Gasteiger partial charge is 0.497 e. The lowest BCUT2D eigenvalue weighted by atomic mass is 10.0. The van der Waals surface area contributed by atoms with E-state index >= 15 is 0 Å². The molecule has 108 valence electrons. The fourth-order valence-electron chi connectivity index (χ4n) is 3.65. The predicted molar refractivity (Wildman–Crippen MR) is 82.0 cm³/mol. The van der Waals surface area contributed by atoms with Crippen molar-refractivity contribution in [3.05, 3.63) is 42.5 Å². The van der Waals surface area contributed by atoms with Gasteiger partial charge in [0.2, 0.25) is 0 Å². The van der Waals surface area contributed by atoms with Crippen molar-refractivity contribution in [2.24, 2.45) is 0 Å². The number of rotatable bonds is 5. The number of nitrogens with zero attached hydrogens (tertiary/aromatic N) is 1. The fraction of sp³-hybridized carbons (Fsp3) is 0.529. The molecule has 2 saturated heterocycles. The van der Waals surface area contributed by atoms with Crippen LogP contribution in [0.1, 0.15) is 24.8 Å². The van der Waals surface area contributed by atoms with E-state index in [-0.39, 0.29) is 0 Å². The minimum Gasteiger partial charge on any atom is -0.497 e. The lowest BCUT2D eigenvalue weighted by Crippen LogP contribution is -2.57. The van der Waals surface area contributed by atoms with E-state index in [0.717, 1.165) is 25.3 Å². The van der Waals surface area contributed by atoms with E-state index in [4.69, 9.17) is 4.74 Å². The van der Waals surface area contributed by atoms with Gasteiger partial charge in [0.1, 0.15) is 5.75 Å². The van der Waals surface area contributed by atoms with Crippen molar-refractivity contribution in [3.63, 3.8) is 0 Å². The Kier molecular flexibility index (Phi) is 4.08.